The number of carbonyl (C=O) groups excluding carboxylic acids is 2. The Bertz CT molecular complexity index is 510. The molecule has 1 aromatic rings. The van der Waals surface area contributed by atoms with E-state index in [1.807, 2.05) is 6.92 Å². The second-order valence-corrected chi connectivity index (χ2v) is 5.78. The molecule has 2 amide bonds. The van der Waals surface area contributed by atoms with Crippen molar-refractivity contribution in [2.24, 2.45) is 0 Å². The van der Waals surface area contributed by atoms with E-state index in [0.29, 0.717) is 0 Å². The van der Waals surface area contributed by atoms with E-state index in [1.165, 1.54) is 23.3 Å². The topological polar surface area (TPSA) is 49.4 Å². The second-order valence-electron chi connectivity index (χ2n) is 5.78. The lowest BCUT2D eigenvalue weighted by Gasteiger charge is -2.18. The van der Waals surface area contributed by atoms with E-state index >= 15 is 0 Å². The van der Waals surface area contributed by atoms with Gasteiger partial charge in [0, 0.05) is 13.1 Å². The molecular formula is C17H24N2O2. The average Bonchev–Trinajstić information content (AvgIpc) is 2.73. The van der Waals surface area contributed by atoms with Gasteiger partial charge >= 0.3 is 0 Å². The van der Waals surface area contributed by atoms with Gasteiger partial charge in [0.2, 0.25) is 11.8 Å². The number of imide groups is 1. The van der Waals surface area contributed by atoms with Crippen molar-refractivity contribution in [1.29, 1.82) is 0 Å². The van der Waals surface area contributed by atoms with Crippen LogP contribution in [0.1, 0.15) is 50.3 Å². The van der Waals surface area contributed by atoms with Crippen molar-refractivity contribution in [3.05, 3.63) is 35.4 Å². The monoisotopic (exact) mass is 288 g/mol. The van der Waals surface area contributed by atoms with Crippen LogP contribution < -0.4 is 5.32 Å². The number of rotatable bonds is 6. The predicted molar refractivity (Wildman–Crippen MR) is 82.8 cm³/mol. The van der Waals surface area contributed by atoms with Crippen LogP contribution in [0.4, 0.5) is 0 Å². The van der Waals surface area contributed by atoms with E-state index in [0.717, 1.165) is 12.0 Å². The average molecular weight is 288 g/mol. The van der Waals surface area contributed by atoms with Gasteiger partial charge in [0.15, 0.2) is 0 Å². The molecule has 1 heterocycles. The molecule has 0 bridgehead atoms. The summed E-state index contributed by atoms with van der Waals surface area (Å²) in [7, 11) is 1.54. The first-order valence-electron chi connectivity index (χ1n) is 7.68. The molecule has 1 aliphatic heterocycles. The largest absolute Gasteiger partial charge is 0.299 e. The molecule has 2 unspecified atom stereocenters. The zero-order chi connectivity index (χ0) is 15.4. The third-order valence-electron chi connectivity index (χ3n) is 4.13. The van der Waals surface area contributed by atoms with Gasteiger partial charge in [-0.05, 0) is 30.9 Å². The first kappa shape index (κ1) is 15.7. The van der Waals surface area contributed by atoms with Gasteiger partial charge in [0.25, 0.3) is 0 Å². The SMILES string of the molecule is CCCCc1ccc(C(C)NC2CC(=O)N(C)C2=O)cc1. The molecule has 1 aliphatic rings. The van der Waals surface area contributed by atoms with E-state index in [2.05, 4.69) is 36.5 Å². The van der Waals surface area contributed by atoms with E-state index < -0.39 is 6.04 Å². The first-order valence-corrected chi connectivity index (χ1v) is 7.68. The summed E-state index contributed by atoms with van der Waals surface area (Å²) in [6.45, 7) is 4.22. The number of benzene rings is 1. The molecule has 0 aromatic heterocycles. The summed E-state index contributed by atoms with van der Waals surface area (Å²) in [5, 5.41) is 3.26. The Morgan fingerprint density at radius 3 is 2.48 bits per heavy atom. The number of amides is 2. The highest BCUT2D eigenvalue weighted by Crippen LogP contribution is 2.19. The van der Waals surface area contributed by atoms with Crippen LogP contribution in [-0.2, 0) is 16.0 Å². The van der Waals surface area contributed by atoms with Crippen LogP contribution in [0.15, 0.2) is 24.3 Å². The normalized spacial score (nSPS) is 20.1. The summed E-state index contributed by atoms with van der Waals surface area (Å²) in [5.74, 6) is -0.244. The quantitative estimate of drug-likeness (QED) is 0.818. The standard InChI is InChI=1S/C17H24N2O2/c1-4-5-6-13-7-9-14(10-8-13)12(2)18-15-11-16(20)19(3)17(15)21/h7-10,12,15,18H,4-6,11H2,1-3H3. The highest BCUT2D eigenvalue weighted by molar-refractivity contribution is 6.05. The van der Waals surface area contributed by atoms with Crippen LogP contribution in [0.5, 0.6) is 0 Å². The van der Waals surface area contributed by atoms with E-state index in [-0.39, 0.29) is 24.3 Å². The van der Waals surface area contributed by atoms with Crippen LogP contribution in [0.25, 0.3) is 0 Å². The fraction of sp³-hybridized carbons (Fsp3) is 0.529. The van der Waals surface area contributed by atoms with Gasteiger partial charge in [-0.15, -0.1) is 0 Å². The lowest BCUT2D eigenvalue weighted by atomic mass is 10.0. The Kier molecular flexibility index (Phi) is 5.12. The zero-order valence-corrected chi connectivity index (χ0v) is 13.1. The number of nitrogens with one attached hydrogen (secondary N) is 1. The molecule has 0 spiro atoms. The maximum Gasteiger partial charge on any atom is 0.246 e. The molecule has 0 saturated carbocycles. The molecule has 2 rings (SSSR count). The summed E-state index contributed by atoms with van der Waals surface area (Å²) < 4.78 is 0. The minimum Gasteiger partial charge on any atom is -0.299 e. The molecule has 0 aliphatic carbocycles. The maximum atomic E-state index is 11.9. The minimum absolute atomic E-state index is 0.0541. The summed E-state index contributed by atoms with van der Waals surface area (Å²) in [6.07, 6.45) is 3.77. The summed E-state index contributed by atoms with van der Waals surface area (Å²) >= 11 is 0. The molecule has 114 valence electrons. The van der Waals surface area contributed by atoms with Gasteiger partial charge in [-0.3, -0.25) is 19.8 Å². The van der Waals surface area contributed by atoms with Crippen molar-refractivity contribution >= 4 is 11.8 Å². The molecule has 4 heteroatoms. The van der Waals surface area contributed by atoms with Crippen molar-refractivity contribution in [3.63, 3.8) is 0 Å². The Hall–Kier alpha value is -1.68. The van der Waals surface area contributed by atoms with Crippen molar-refractivity contribution in [2.75, 3.05) is 7.05 Å². The van der Waals surface area contributed by atoms with Crippen LogP contribution in [0.3, 0.4) is 0 Å². The smallest absolute Gasteiger partial charge is 0.246 e. The number of nitrogens with zero attached hydrogens (tertiary/aromatic N) is 1. The number of likely N-dealkylation sites (N-methyl/N-ethyl adjacent to an activating group) is 1. The lowest BCUT2D eigenvalue weighted by molar-refractivity contribution is -0.137. The summed E-state index contributed by atoms with van der Waals surface area (Å²) in [5.41, 5.74) is 2.49. The van der Waals surface area contributed by atoms with Crippen LogP contribution in [-0.4, -0.2) is 29.8 Å². The van der Waals surface area contributed by atoms with E-state index in [4.69, 9.17) is 0 Å². The molecular weight excluding hydrogens is 264 g/mol. The summed E-state index contributed by atoms with van der Waals surface area (Å²) in [4.78, 5) is 24.6. The molecule has 1 N–H and O–H groups in total. The Labute approximate surface area is 126 Å². The third-order valence-corrected chi connectivity index (χ3v) is 4.13. The predicted octanol–water partition coefficient (Wildman–Crippen LogP) is 2.44. The maximum absolute atomic E-state index is 11.9. The van der Waals surface area contributed by atoms with Gasteiger partial charge in [-0.1, -0.05) is 37.6 Å². The van der Waals surface area contributed by atoms with Crippen LogP contribution in [0.2, 0.25) is 0 Å². The molecule has 4 nitrogen and oxygen atoms in total. The van der Waals surface area contributed by atoms with E-state index in [1.54, 1.807) is 7.05 Å². The molecule has 0 radical (unpaired) electrons. The Balaban J connectivity index is 1.96. The number of unbranched alkanes of at least 4 members (excludes halogenated alkanes) is 1. The molecule has 21 heavy (non-hydrogen) atoms. The van der Waals surface area contributed by atoms with Crippen molar-refractivity contribution < 1.29 is 9.59 Å². The van der Waals surface area contributed by atoms with Gasteiger partial charge in [0.05, 0.1) is 12.5 Å². The van der Waals surface area contributed by atoms with Gasteiger partial charge in [-0.25, -0.2) is 0 Å². The number of likely N-dealkylation sites (tertiary alicyclic amines) is 1. The molecule has 1 fully saturated rings. The molecule has 1 aromatic carbocycles. The third kappa shape index (κ3) is 3.70. The molecule has 2 atom stereocenters. The summed E-state index contributed by atoms with van der Waals surface area (Å²) in [6, 6.07) is 8.17. The minimum atomic E-state index is -0.391. The van der Waals surface area contributed by atoms with Gasteiger partial charge < -0.3 is 0 Å². The Morgan fingerprint density at radius 2 is 1.95 bits per heavy atom. The fourth-order valence-electron chi connectivity index (χ4n) is 2.64. The van der Waals surface area contributed by atoms with Crippen molar-refractivity contribution in [1.82, 2.24) is 10.2 Å². The van der Waals surface area contributed by atoms with Crippen molar-refractivity contribution in [3.8, 4) is 0 Å². The van der Waals surface area contributed by atoms with Crippen molar-refractivity contribution in [2.45, 2.75) is 51.6 Å². The zero-order valence-electron chi connectivity index (χ0n) is 13.1. The number of carbonyl (C=O) groups is 2. The second kappa shape index (κ2) is 6.85. The first-order chi connectivity index (χ1) is 10.0. The van der Waals surface area contributed by atoms with Gasteiger partial charge in [0.1, 0.15) is 0 Å². The highest BCUT2D eigenvalue weighted by Gasteiger charge is 2.36. The lowest BCUT2D eigenvalue weighted by Crippen LogP contribution is -2.38. The fourth-order valence-corrected chi connectivity index (χ4v) is 2.64. The van der Waals surface area contributed by atoms with Gasteiger partial charge in [-0.2, -0.15) is 0 Å². The molecule has 1 saturated heterocycles. The number of hydrogen-bond donors (Lipinski definition) is 1. The Morgan fingerprint density at radius 1 is 1.29 bits per heavy atom. The number of aryl methyl sites for hydroxylation is 1. The van der Waals surface area contributed by atoms with Crippen LogP contribution >= 0.6 is 0 Å². The highest BCUT2D eigenvalue weighted by atomic mass is 16.2. The van der Waals surface area contributed by atoms with Crippen LogP contribution in [0, 0.1) is 0 Å². The van der Waals surface area contributed by atoms with E-state index in [9.17, 15) is 9.59 Å². The number of hydrogen-bond acceptors (Lipinski definition) is 3.